The normalized spacial score (nSPS) is 22.5. The average Bonchev–Trinajstić information content (AvgIpc) is 3.48. The molecule has 470 valence electrons. The number of ether oxygens (including phenoxy) is 2. The molecule has 0 aliphatic carbocycles. The van der Waals surface area contributed by atoms with Crippen molar-refractivity contribution in [3.8, 4) is 5.75 Å². The zero-order valence-corrected chi connectivity index (χ0v) is 54.2. The zero-order valence-electron chi connectivity index (χ0n) is 54.2. The van der Waals surface area contributed by atoms with Crippen LogP contribution in [0.25, 0.3) is 0 Å². The molecule has 1 heterocycles. The third kappa shape index (κ3) is 20.2. The van der Waals surface area contributed by atoms with Crippen LogP contribution < -0.4 is 20.7 Å². The highest BCUT2D eigenvalue weighted by atomic mass is 16.6. The minimum absolute atomic E-state index is 0.0569. The van der Waals surface area contributed by atoms with Crippen LogP contribution in [0.5, 0.6) is 5.75 Å². The van der Waals surface area contributed by atoms with E-state index in [2.05, 4.69) is 16.0 Å². The second kappa shape index (κ2) is 33.2. The second-order valence-electron chi connectivity index (χ2n) is 24.6. The number of amides is 9. The molecule has 22 nitrogen and oxygen atoms in total. The smallest absolute Gasteiger partial charge is 0.324 e. The summed E-state index contributed by atoms with van der Waals surface area (Å²) in [6.45, 7) is 23.2. The van der Waals surface area contributed by atoms with Crippen molar-refractivity contribution < 1.29 is 57.4 Å². The van der Waals surface area contributed by atoms with Crippen molar-refractivity contribution in [1.82, 2.24) is 50.2 Å². The second-order valence-corrected chi connectivity index (χ2v) is 24.6. The van der Waals surface area contributed by atoms with E-state index in [4.69, 9.17) is 9.47 Å². The molecular weight excluding hydrogens is 1060 g/mol. The monoisotopic (exact) mass is 1170 g/mol. The first-order chi connectivity index (χ1) is 38.5. The first kappa shape index (κ1) is 72.8. The number of nitrogens with one attached hydrogen (secondary N) is 3. The molecule has 2 rings (SSSR count). The van der Waals surface area contributed by atoms with Crippen LogP contribution in [0.15, 0.2) is 24.3 Å². The Morgan fingerprint density at radius 3 is 1.77 bits per heavy atom. The van der Waals surface area contributed by atoms with Gasteiger partial charge in [0.15, 0.2) is 6.10 Å². The fourth-order valence-corrected chi connectivity index (χ4v) is 10.3. The van der Waals surface area contributed by atoms with Crippen LogP contribution in [0.4, 0.5) is 0 Å². The lowest BCUT2D eigenvalue weighted by Crippen LogP contribution is -2.61. The summed E-state index contributed by atoms with van der Waals surface area (Å²) in [6, 6.07) is -2.61. The number of carbonyl (C=O) groups is 10. The Balaban J connectivity index is 2.74. The summed E-state index contributed by atoms with van der Waals surface area (Å²) < 4.78 is 11.2. The van der Waals surface area contributed by atoms with Crippen molar-refractivity contribution in [1.29, 1.82) is 0 Å². The fraction of sp³-hybridized carbons (Fsp3) is 0.738. The van der Waals surface area contributed by atoms with Crippen molar-refractivity contribution in [3.05, 3.63) is 29.8 Å². The Hall–Kier alpha value is -6.32. The molecule has 0 bridgehead atoms. The predicted octanol–water partition coefficient (Wildman–Crippen LogP) is 3.82. The SMILES string of the molecule is CC[C@H](C)[C@@H]1NC(=O)[C@H](C)N(C)C(=O)[C@@H](N(C)C(=O)[C@H](CC(C)C)N(C)C(=O)[C@H](C)N(C)C(=O)[C@H](OC(=O)[C@H](C(C)C)N(C)C)C(C)C)CCCCN(C)C(=O)[C@H](Cc2ccc(OC)cc2)NC(=O)[C@H](CC(C)C)N(C)C(=O)[C@H](C)NC1=O. The maximum absolute atomic E-state index is 15.1. The highest BCUT2D eigenvalue weighted by Gasteiger charge is 2.43. The van der Waals surface area contributed by atoms with Crippen LogP contribution >= 0.6 is 0 Å². The fourth-order valence-electron chi connectivity index (χ4n) is 10.3. The van der Waals surface area contributed by atoms with E-state index in [1.165, 1.54) is 85.4 Å². The number of carbonyl (C=O) groups excluding carboxylic acids is 10. The van der Waals surface area contributed by atoms with Gasteiger partial charge in [-0.1, -0.05) is 87.8 Å². The third-order valence-electron chi connectivity index (χ3n) is 16.2. The van der Waals surface area contributed by atoms with E-state index in [0.717, 1.165) is 5.56 Å². The number of likely N-dealkylation sites (N-methyl/N-ethyl adjacent to an activating group) is 7. The summed E-state index contributed by atoms with van der Waals surface area (Å²) in [5.41, 5.74) is 0.729. The number of methoxy groups -OCH3 is 1. The molecule has 9 amide bonds. The quantitative estimate of drug-likeness (QED) is 0.157. The highest BCUT2D eigenvalue weighted by molar-refractivity contribution is 5.98. The first-order valence-electron chi connectivity index (χ1n) is 29.5. The van der Waals surface area contributed by atoms with Gasteiger partial charge in [-0.05, 0) is 114 Å². The summed E-state index contributed by atoms with van der Waals surface area (Å²) in [7, 11) is 14.0. The van der Waals surface area contributed by atoms with Gasteiger partial charge in [-0.25, -0.2) is 0 Å². The number of rotatable bonds is 20. The lowest BCUT2D eigenvalue weighted by atomic mass is 9.97. The van der Waals surface area contributed by atoms with E-state index in [9.17, 15) is 38.4 Å². The number of esters is 1. The van der Waals surface area contributed by atoms with E-state index in [1.54, 1.807) is 78.2 Å². The van der Waals surface area contributed by atoms with Crippen molar-refractivity contribution in [3.63, 3.8) is 0 Å². The lowest BCUT2D eigenvalue weighted by molar-refractivity contribution is -0.169. The minimum atomic E-state index is -1.21. The molecular formula is C61H104N10O12. The maximum atomic E-state index is 15.1. The van der Waals surface area contributed by atoms with Crippen LogP contribution in [0, 0.1) is 29.6 Å². The molecule has 1 fully saturated rings. The van der Waals surface area contributed by atoms with E-state index < -0.39 is 131 Å². The molecule has 0 spiro atoms. The topological polar surface area (TPSA) is 248 Å². The minimum Gasteiger partial charge on any atom is -0.497 e. The molecule has 0 aromatic heterocycles. The van der Waals surface area contributed by atoms with Gasteiger partial charge in [-0.3, -0.25) is 52.8 Å². The molecule has 22 heteroatoms. The van der Waals surface area contributed by atoms with Crippen LogP contribution in [0.2, 0.25) is 0 Å². The largest absolute Gasteiger partial charge is 0.497 e. The van der Waals surface area contributed by atoms with Gasteiger partial charge in [0.05, 0.1) is 7.11 Å². The standard InChI is InChI=1S/C61H104N10O12/c1-23-39(10)49-54(74)62-40(11)55(75)70(20)47(32-35(2)3)53(73)63-45(34-43-27-29-44(82-22)30-28-43)57(77)66(16)31-25-24-26-46(58(78)67(17)41(12)52(72)64-49)69(19)59(79)48(33-36(4)5)71(21)56(76)42(13)68(18)60(80)51(38(8)9)83-61(81)50(37(6)7)65(14)15/h27-30,35-42,45-51H,23-26,31-34H2,1-22H3,(H,62,74)(H,63,73)(H,64,72)/t39-,40-,41-,42-,45-,46-,47-,48-,49-,50-,51+/m0/s1. The molecule has 0 saturated carbocycles. The summed E-state index contributed by atoms with van der Waals surface area (Å²) in [6.07, 6.45) is 0.411. The highest BCUT2D eigenvalue weighted by Crippen LogP contribution is 2.24. The summed E-state index contributed by atoms with van der Waals surface area (Å²) in [5, 5.41) is 8.54. The van der Waals surface area contributed by atoms with Gasteiger partial charge in [0.2, 0.25) is 47.3 Å². The van der Waals surface area contributed by atoms with Crippen LogP contribution in [-0.4, -0.2) is 224 Å². The Bertz CT molecular complexity index is 2360. The molecule has 3 N–H and O–H groups in total. The van der Waals surface area contributed by atoms with Gasteiger partial charge >= 0.3 is 5.97 Å². The van der Waals surface area contributed by atoms with E-state index in [1.807, 2.05) is 48.5 Å². The van der Waals surface area contributed by atoms with Gasteiger partial charge in [0.1, 0.15) is 60.1 Å². The maximum Gasteiger partial charge on any atom is 0.324 e. The van der Waals surface area contributed by atoms with Gasteiger partial charge in [0, 0.05) is 55.3 Å². The van der Waals surface area contributed by atoms with Gasteiger partial charge in [0.25, 0.3) is 5.91 Å². The molecule has 1 aliphatic heterocycles. The van der Waals surface area contributed by atoms with Gasteiger partial charge in [-0.2, -0.15) is 0 Å². The van der Waals surface area contributed by atoms with Gasteiger partial charge in [-0.15, -0.1) is 0 Å². The molecule has 1 aromatic rings. The average molecular weight is 1170 g/mol. The molecule has 83 heavy (non-hydrogen) atoms. The van der Waals surface area contributed by atoms with Crippen molar-refractivity contribution in [2.45, 2.75) is 195 Å². The Labute approximate surface area is 495 Å². The molecule has 1 saturated heterocycles. The molecule has 11 atom stereocenters. The predicted molar refractivity (Wildman–Crippen MR) is 319 cm³/mol. The van der Waals surface area contributed by atoms with Crippen molar-refractivity contribution >= 4 is 59.1 Å². The Morgan fingerprint density at radius 1 is 0.675 bits per heavy atom. The first-order valence-corrected chi connectivity index (χ1v) is 29.5. The van der Waals surface area contributed by atoms with Gasteiger partial charge < -0.3 is 54.8 Å². The van der Waals surface area contributed by atoms with Crippen molar-refractivity contribution in [2.24, 2.45) is 29.6 Å². The number of hydrogen-bond donors (Lipinski definition) is 3. The summed E-state index contributed by atoms with van der Waals surface area (Å²) in [5.74, 6) is -6.44. The Kier molecular flexibility index (Phi) is 29.2. The van der Waals surface area contributed by atoms with Crippen LogP contribution in [0.1, 0.15) is 134 Å². The molecule has 1 aromatic carbocycles. The van der Waals surface area contributed by atoms with E-state index in [0.29, 0.717) is 18.6 Å². The summed E-state index contributed by atoms with van der Waals surface area (Å²) in [4.78, 5) is 154. The van der Waals surface area contributed by atoms with E-state index >= 15 is 9.59 Å². The van der Waals surface area contributed by atoms with E-state index in [-0.39, 0.29) is 56.4 Å². The lowest BCUT2D eigenvalue weighted by Gasteiger charge is -2.39. The number of hydrogen-bond acceptors (Lipinski definition) is 13. The number of benzene rings is 1. The molecule has 0 unspecified atom stereocenters. The molecule has 1 aliphatic rings. The third-order valence-corrected chi connectivity index (χ3v) is 16.2. The van der Waals surface area contributed by atoms with Crippen LogP contribution in [-0.2, 0) is 59.1 Å². The Morgan fingerprint density at radius 2 is 1.27 bits per heavy atom. The van der Waals surface area contributed by atoms with Crippen molar-refractivity contribution in [2.75, 3.05) is 70.0 Å². The molecule has 0 radical (unpaired) electrons. The van der Waals surface area contributed by atoms with Crippen LogP contribution in [0.3, 0.4) is 0 Å². The number of nitrogens with zero attached hydrogens (tertiary/aromatic N) is 7. The summed E-state index contributed by atoms with van der Waals surface area (Å²) >= 11 is 0. The zero-order chi connectivity index (χ0) is 63.7.